The summed E-state index contributed by atoms with van der Waals surface area (Å²) in [7, 11) is 1.44. The van der Waals surface area contributed by atoms with Crippen LogP contribution >= 0.6 is 0 Å². The average molecular weight is 278 g/mol. The molecule has 1 fully saturated rings. The third kappa shape index (κ3) is 2.87. The Kier molecular flexibility index (Phi) is 3.88. The summed E-state index contributed by atoms with van der Waals surface area (Å²) in [6.45, 7) is 0. The minimum atomic E-state index is -0.776. The van der Waals surface area contributed by atoms with Crippen molar-refractivity contribution in [3.63, 3.8) is 0 Å². The van der Waals surface area contributed by atoms with Crippen molar-refractivity contribution in [1.29, 1.82) is 0 Å². The molecule has 1 aromatic carbocycles. The summed E-state index contributed by atoms with van der Waals surface area (Å²) in [5.74, 6) is -1.30. The van der Waals surface area contributed by atoms with E-state index in [1.807, 2.05) is 0 Å². The maximum Gasteiger partial charge on any atom is 0.255 e. The maximum atomic E-state index is 12.0. The Labute approximate surface area is 114 Å². The molecule has 1 saturated heterocycles. The van der Waals surface area contributed by atoms with Crippen molar-refractivity contribution >= 4 is 17.7 Å². The molecule has 7 nitrogen and oxygen atoms in total. The van der Waals surface area contributed by atoms with Gasteiger partial charge in [0.1, 0.15) is 17.5 Å². The standard InChI is InChI=1S/C13H14N2O5/c1-20-7-2-3-8(10(16)6-7)12(18)14-9-4-5-11(17)15-13(9)19/h2-3,6,9,16H,4-5H2,1H3,(H,14,18)(H,15,17,19). The Hall–Kier alpha value is -2.57. The largest absolute Gasteiger partial charge is 0.507 e. The van der Waals surface area contributed by atoms with Gasteiger partial charge in [-0.2, -0.15) is 0 Å². The molecule has 0 spiro atoms. The molecule has 0 saturated carbocycles. The van der Waals surface area contributed by atoms with Gasteiger partial charge < -0.3 is 15.2 Å². The Bertz CT molecular complexity index is 570. The summed E-state index contributed by atoms with van der Waals surface area (Å²) in [5.41, 5.74) is 0.0375. The van der Waals surface area contributed by atoms with E-state index in [1.54, 1.807) is 0 Å². The molecule has 0 bridgehead atoms. The van der Waals surface area contributed by atoms with Crippen molar-refractivity contribution in [2.75, 3.05) is 7.11 Å². The Morgan fingerprint density at radius 1 is 1.45 bits per heavy atom. The first kappa shape index (κ1) is 13.9. The molecule has 20 heavy (non-hydrogen) atoms. The molecule has 1 aromatic rings. The number of amides is 3. The Morgan fingerprint density at radius 2 is 2.20 bits per heavy atom. The highest BCUT2D eigenvalue weighted by molar-refractivity contribution is 6.04. The lowest BCUT2D eigenvalue weighted by atomic mass is 10.1. The Balaban J connectivity index is 2.08. The van der Waals surface area contributed by atoms with Crippen molar-refractivity contribution < 1.29 is 24.2 Å². The molecule has 1 heterocycles. The predicted molar refractivity (Wildman–Crippen MR) is 68.3 cm³/mol. The number of hydrogen-bond acceptors (Lipinski definition) is 5. The summed E-state index contributed by atoms with van der Waals surface area (Å²) >= 11 is 0. The van der Waals surface area contributed by atoms with E-state index < -0.39 is 17.9 Å². The number of carbonyl (C=O) groups is 3. The summed E-state index contributed by atoms with van der Waals surface area (Å²) in [6.07, 6.45) is 0.415. The molecule has 0 aromatic heterocycles. The van der Waals surface area contributed by atoms with Crippen LogP contribution in [0.2, 0.25) is 0 Å². The van der Waals surface area contributed by atoms with Crippen molar-refractivity contribution in [1.82, 2.24) is 10.6 Å². The molecule has 0 aliphatic carbocycles. The number of nitrogens with one attached hydrogen (secondary N) is 2. The van der Waals surface area contributed by atoms with Crippen LogP contribution in [0.1, 0.15) is 23.2 Å². The number of phenols is 1. The van der Waals surface area contributed by atoms with Gasteiger partial charge in [-0.3, -0.25) is 19.7 Å². The van der Waals surface area contributed by atoms with Gasteiger partial charge in [-0.1, -0.05) is 0 Å². The number of ether oxygens (including phenoxy) is 1. The number of aromatic hydroxyl groups is 1. The zero-order valence-electron chi connectivity index (χ0n) is 10.8. The van der Waals surface area contributed by atoms with Gasteiger partial charge in [0.15, 0.2) is 0 Å². The second-order valence-electron chi connectivity index (χ2n) is 4.36. The van der Waals surface area contributed by atoms with Crippen molar-refractivity contribution in [3.05, 3.63) is 23.8 Å². The number of phenolic OH excluding ortho intramolecular Hbond substituents is 1. The van der Waals surface area contributed by atoms with Crippen LogP contribution in [0.3, 0.4) is 0 Å². The number of rotatable bonds is 3. The van der Waals surface area contributed by atoms with Gasteiger partial charge in [0.25, 0.3) is 5.91 Å². The maximum absolute atomic E-state index is 12.0. The minimum Gasteiger partial charge on any atom is -0.507 e. The number of imide groups is 1. The van der Waals surface area contributed by atoms with Crippen LogP contribution in [0.25, 0.3) is 0 Å². The van der Waals surface area contributed by atoms with E-state index in [4.69, 9.17) is 4.74 Å². The van der Waals surface area contributed by atoms with Crippen LogP contribution in [0.15, 0.2) is 18.2 Å². The molecular weight excluding hydrogens is 264 g/mol. The van der Waals surface area contributed by atoms with Gasteiger partial charge >= 0.3 is 0 Å². The van der Waals surface area contributed by atoms with E-state index in [1.165, 1.54) is 25.3 Å². The third-order valence-electron chi connectivity index (χ3n) is 2.99. The Morgan fingerprint density at radius 3 is 2.80 bits per heavy atom. The van der Waals surface area contributed by atoms with Crippen molar-refractivity contribution in [2.24, 2.45) is 0 Å². The van der Waals surface area contributed by atoms with Gasteiger partial charge in [0, 0.05) is 12.5 Å². The van der Waals surface area contributed by atoms with Crippen LogP contribution in [-0.4, -0.2) is 36.0 Å². The average Bonchev–Trinajstić information content (AvgIpc) is 2.41. The van der Waals surface area contributed by atoms with Crippen molar-refractivity contribution in [3.8, 4) is 11.5 Å². The summed E-state index contributed by atoms with van der Waals surface area (Å²) in [4.78, 5) is 34.5. The molecule has 7 heteroatoms. The van der Waals surface area contributed by atoms with E-state index in [0.29, 0.717) is 5.75 Å². The number of piperidine rings is 1. The fourth-order valence-corrected chi connectivity index (χ4v) is 1.90. The summed E-state index contributed by atoms with van der Waals surface area (Å²) in [6, 6.07) is 3.45. The highest BCUT2D eigenvalue weighted by Gasteiger charge is 2.28. The van der Waals surface area contributed by atoms with Crippen LogP contribution < -0.4 is 15.4 Å². The normalized spacial score (nSPS) is 18.4. The summed E-state index contributed by atoms with van der Waals surface area (Å²) < 4.78 is 4.92. The van der Waals surface area contributed by atoms with Gasteiger partial charge in [-0.25, -0.2) is 0 Å². The first-order valence-electron chi connectivity index (χ1n) is 6.03. The van der Waals surface area contributed by atoms with Gasteiger partial charge in [0.2, 0.25) is 11.8 Å². The molecule has 1 aliphatic heterocycles. The van der Waals surface area contributed by atoms with Crippen LogP contribution in [0.4, 0.5) is 0 Å². The predicted octanol–water partition coefficient (Wildman–Crippen LogP) is -0.0642. The zero-order valence-corrected chi connectivity index (χ0v) is 10.8. The number of carbonyl (C=O) groups excluding carboxylic acids is 3. The molecule has 1 atom stereocenters. The van der Waals surface area contributed by atoms with Crippen molar-refractivity contribution in [2.45, 2.75) is 18.9 Å². The first-order valence-corrected chi connectivity index (χ1v) is 6.03. The molecule has 106 valence electrons. The van der Waals surface area contributed by atoms with Crippen LogP contribution in [0, 0.1) is 0 Å². The quantitative estimate of drug-likeness (QED) is 0.672. The topological polar surface area (TPSA) is 105 Å². The first-order chi connectivity index (χ1) is 9.51. The van der Waals surface area contributed by atoms with E-state index in [-0.39, 0.29) is 30.1 Å². The highest BCUT2D eigenvalue weighted by atomic mass is 16.5. The fourth-order valence-electron chi connectivity index (χ4n) is 1.90. The molecule has 1 aliphatic rings. The second-order valence-corrected chi connectivity index (χ2v) is 4.36. The van der Waals surface area contributed by atoms with Gasteiger partial charge in [0.05, 0.1) is 12.7 Å². The number of benzene rings is 1. The summed E-state index contributed by atoms with van der Waals surface area (Å²) in [5, 5.41) is 14.4. The second kappa shape index (κ2) is 5.60. The number of hydrogen-bond donors (Lipinski definition) is 3. The van der Waals surface area contributed by atoms with Gasteiger partial charge in [-0.05, 0) is 18.6 Å². The lowest BCUT2D eigenvalue weighted by Gasteiger charge is -2.22. The lowest BCUT2D eigenvalue weighted by molar-refractivity contribution is -0.134. The van der Waals surface area contributed by atoms with Crippen LogP contribution in [-0.2, 0) is 9.59 Å². The highest BCUT2D eigenvalue weighted by Crippen LogP contribution is 2.23. The van der Waals surface area contributed by atoms with E-state index in [0.717, 1.165) is 0 Å². The molecule has 1 unspecified atom stereocenters. The molecule has 0 radical (unpaired) electrons. The fraction of sp³-hybridized carbons (Fsp3) is 0.308. The molecule has 2 rings (SSSR count). The molecule has 3 amide bonds. The van der Waals surface area contributed by atoms with E-state index in [9.17, 15) is 19.5 Å². The number of methoxy groups -OCH3 is 1. The zero-order chi connectivity index (χ0) is 14.7. The third-order valence-corrected chi connectivity index (χ3v) is 2.99. The molecular formula is C13H14N2O5. The SMILES string of the molecule is COc1ccc(C(=O)NC2CCC(=O)NC2=O)c(O)c1. The van der Waals surface area contributed by atoms with E-state index in [2.05, 4.69) is 10.6 Å². The van der Waals surface area contributed by atoms with E-state index >= 15 is 0 Å². The lowest BCUT2D eigenvalue weighted by Crippen LogP contribution is -2.52. The van der Waals surface area contributed by atoms with Crippen LogP contribution in [0.5, 0.6) is 11.5 Å². The molecule has 3 N–H and O–H groups in total. The monoisotopic (exact) mass is 278 g/mol. The minimum absolute atomic E-state index is 0.0375. The van der Waals surface area contributed by atoms with Gasteiger partial charge in [-0.15, -0.1) is 0 Å². The smallest absolute Gasteiger partial charge is 0.255 e.